The molecule has 2 aromatic heterocycles. The van der Waals surface area contributed by atoms with Gasteiger partial charge in [0, 0.05) is 24.7 Å². The lowest BCUT2D eigenvalue weighted by Crippen LogP contribution is -2.39. The van der Waals surface area contributed by atoms with Crippen LogP contribution >= 0.6 is 0 Å². The highest BCUT2D eigenvalue weighted by atomic mass is 16.4. The van der Waals surface area contributed by atoms with E-state index in [1.165, 1.54) is 0 Å². The summed E-state index contributed by atoms with van der Waals surface area (Å²) in [4.78, 5) is 18.2. The summed E-state index contributed by atoms with van der Waals surface area (Å²) in [7, 11) is 0. The summed E-state index contributed by atoms with van der Waals surface area (Å²) in [5.74, 6) is 0.0729. The number of pyridine rings is 1. The number of likely N-dealkylation sites (tertiary alicyclic amines) is 1. The second-order valence-corrected chi connectivity index (χ2v) is 5.89. The molecule has 1 saturated heterocycles. The van der Waals surface area contributed by atoms with Gasteiger partial charge in [0.25, 0.3) is 0 Å². The number of fused-ring (bicyclic) bond motifs is 1. The van der Waals surface area contributed by atoms with E-state index < -0.39 is 5.97 Å². The van der Waals surface area contributed by atoms with Crippen LogP contribution in [0.5, 0.6) is 0 Å². The van der Waals surface area contributed by atoms with Gasteiger partial charge in [0.05, 0.1) is 0 Å². The average Bonchev–Trinajstić information content (AvgIpc) is 2.91. The molecular formula is C15H20N4O2. The molecule has 21 heavy (non-hydrogen) atoms. The van der Waals surface area contributed by atoms with Crippen LogP contribution < -0.4 is 0 Å². The van der Waals surface area contributed by atoms with E-state index in [9.17, 15) is 9.90 Å². The normalized spacial score (nSPS) is 20.2. The van der Waals surface area contributed by atoms with E-state index in [1.54, 1.807) is 22.8 Å². The van der Waals surface area contributed by atoms with Crippen molar-refractivity contribution >= 4 is 11.6 Å². The lowest BCUT2D eigenvalue weighted by molar-refractivity contribution is 0.0698. The second-order valence-electron chi connectivity index (χ2n) is 5.89. The van der Waals surface area contributed by atoms with Gasteiger partial charge in [-0.2, -0.15) is 5.10 Å². The number of carboxylic acid groups (broad SMARTS) is 1. The smallest absolute Gasteiger partial charge is 0.339 e. The van der Waals surface area contributed by atoms with Gasteiger partial charge in [0.1, 0.15) is 5.56 Å². The van der Waals surface area contributed by atoms with Crippen molar-refractivity contribution in [2.24, 2.45) is 0 Å². The lowest BCUT2D eigenvalue weighted by Gasteiger charge is -2.34. The van der Waals surface area contributed by atoms with Crippen molar-refractivity contribution in [1.29, 1.82) is 0 Å². The van der Waals surface area contributed by atoms with Crippen molar-refractivity contribution in [3.05, 3.63) is 29.7 Å². The Kier molecular flexibility index (Phi) is 3.63. The van der Waals surface area contributed by atoms with E-state index in [-0.39, 0.29) is 11.5 Å². The Morgan fingerprint density at radius 3 is 3.00 bits per heavy atom. The molecule has 1 unspecified atom stereocenters. The zero-order chi connectivity index (χ0) is 15.0. The third-order valence-corrected chi connectivity index (χ3v) is 4.16. The van der Waals surface area contributed by atoms with Crippen LogP contribution in [-0.4, -0.2) is 49.7 Å². The fourth-order valence-electron chi connectivity index (χ4n) is 2.95. The molecular weight excluding hydrogens is 268 g/mol. The number of aromatic nitrogens is 3. The maximum atomic E-state index is 11.3. The number of aromatic carboxylic acids is 1. The SMILES string of the molecule is CC(C)N1CCCC(c2nc3c(C(=O)O)cccn3n2)C1. The number of piperidine rings is 1. The van der Waals surface area contributed by atoms with Crippen LogP contribution in [0.15, 0.2) is 18.3 Å². The summed E-state index contributed by atoms with van der Waals surface area (Å²) < 4.78 is 1.58. The van der Waals surface area contributed by atoms with Gasteiger partial charge >= 0.3 is 5.97 Å². The van der Waals surface area contributed by atoms with Gasteiger partial charge in [-0.1, -0.05) is 0 Å². The number of nitrogens with zero attached hydrogens (tertiary/aromatic N) is 4. The molecule has 6 nitrogen and oxygen atoms in total. The molecule has 1 atom stereocenters. The van der Waals surface area contributed by atoms with E-state index in [0.717, 1.165) is 31.8 Å². The average molecular weight is 288 g/mol. The minimum Gasteiger partial charge on any atom is -0.478 e. The molecule has 112 valence electrons. The van der Waals surface area contributed by atoms with E-state index >= 15 is 0 Å². The minimum atomic E-state index is -0.966. The molecule has 1 N–H and O–H groups in total. The Morgan fingerprint density at radius 2 is 2.29 bits per heavy atom. The first-order chi connectivity index (χ1) is 10.1. The highest BCUT2D eigenvalue weighted by Crippen LogP contribution is 2.26. The van der Waals surface area contributed by atoms with Crippen molar-refractivity contribution in [2.45, 2.75) is 38.6 Å². The van der Waals surface area contributed by atoms with Crippen LogP contribution in [-0.2, 0) is 0 Å². The number of carbonyl (C=O) groups is 1. The van der Waals surface area contributed by atoms with Gasteiger partial charge < -0.3 is 10.0 Å². The summed E-state index contributed by atoms with van der Waals surface area (Å²) in [5, 5.41) is 13.7. The Labute approximate surface area is 123 Å². The molecule has 0 amide bonds. The van der Waals surface area contributed by atoms with Crippen LogP contribution in [0.2, 0.25) is 0 Å². The topological polar surface area (TPSA) is 70.7 Å². The summed E-state index contributed by atoms with van der Waals surface area (Å²) in [6, 6.07) is 3.77. The first-order valence-corrected chi connectivity index (χ1v) is 7.39. The predicted molar refractivity (Wildman–Crippen MR) is 78.6 cm³/mol. The maximum Gasteiger partial charge on any atom is 0.339 e. The van der Waals surface area contributed by atoms with Crippen molar-refractivity contribution < 1.29 is 9.90 Å². The summed E-state index contributed by atoms with van der Waals surface area (Å²) >= 11 is 0. The van der Waals surface area contributed by atoms with Crippen LogP contribution in [0.1, 0.15) is 48.8 Å². The molecule has 0 aliphatic carbocycles. The maximum absolute atomic E-state index is 11.3. The molecule has 0 radical (unpaired) electrons. The third kappa shape index (κ3) is 2.63. The Balaban J connectivity index is 1.94. The number of hydrogen-bond donors (Lipinski definition) is 1. The highest BCUT2D eigenvalue weighted by Gasteiger charge is 2.26. The molecule has 0 saturated carbocycles. The summed E-state index contributed by atoms with van der Waals surface area (Å²) in [5.41, 5.74) is 0.634. The lowest BCUT2D eigenvalue weighted by atomic mass is 9.96. The molecule has 3 rings (SSSR count). The Bertz CT molecular complexity index is 665. The fraction of sp³-hybridized carbons (Fsp3) is 0.533. The van der Waals surface area contributed by atoms with Crippen molar-refractivity contribution in [1.82, 2.24) is 19.5 Å². The summed E-state index contributed by atoms with van der Waals surface area (Å²) in [6.07, 6.45) is 3.94. The molecule has 0 bridgehead atoms. The van der Waals surface area contributed by atoms with Gasteiger partial charge in [0.2, 0.25) is 0 Å². The molecule has 1 fully saturated rings. The van der Waals surface area contributed by atoms with Crippen LogP contribution in [0.3, 0.4) is 0 Å². The molecule has 1 aliphatic heterocycles. The predicted octanol–water partition coefficient (Wildman–Crippen LogP) is 2.02. The molecule has 6 heteroatoms. The van der Waals surface area contributed by atoms with Crippen molar-refractivity contribution in [3.63, 3.8) is 0 Å². The number of rotatable bonds is 3. The largest absolute Gasteiger partial charge is 0.478 e. The van der Waals surface area contributed by atoms with E-state index in [2.05, 4.69) is 28.8 Å². The highest BCUT2D eigenvalue weighted by molar-refractivity contribution is 5.94. The first kappa shape index (κ1) is 14.0. The van der Waals surface area contributed by atoms with Crippen LogP contribution in [0, 0.1) is 0 Å². The summed E-state index contributed by atoms with van der Waals surface area (Å²) in [6.45, 7) is 6.45. The molecule has 3 heterocycles. The van der Waals surface area contributed by atoms with Gasteiger partial charge in [-0.15, -0.1) is 0 Å². The minimum absolute atomic E-state index is 0.202. The van der Waals surface area contributed by atoms with Gasteiger partial charge in [-0.05, 0) is 45.4 Å². The van der Waals surface area contributed by atoms with Gasteiger partial charge in [-0.3, -0.25) is 0 Å². The standard InChI is InChI=1S/C15H20N4O2/c1-10(2)18-7-3-5-11(9-18)13-16-14-12(15(20)21)6-4-8-19(14)17-13/h4,6,8,10-11H,3,5,7,9H2,1-2H3,(H,20,21). The van der Waals surface area contributed by atoms with E-state index in [0.29, 0.717) is 11.7 Å². The fourth-order valence-corrected chi connectivity index (χ4v) is 2.95. The monoisotopic (exact) mass is 288 g/mol. The number of hydrogen-bond acceptors (Lipinski definition) is 4. The van der Waals surface area contributed by atoms with Crippen molar-refractivity contribution in [3.8, 4) is 0 Å². The first-order valence-electron chi connectivity index (χ1n) is 7.39. The zero-order valence-corrected chi connectivity index (χ0v) is 12.4. The molecule has 1 aliphatic rings. The van der Waals surface area contributed by atoms with Crippen LogP contribution in [0.4, 0.5) is 0 Å². The van der Waals surface area contributed by atoms with Crippen LogP contribution in [0.25, 0.3) is 5.65 Å². The second kappa shape index (κ2) is 5.44. The molecule has 2 aromatic rings. The molecule has 0 spiro atoms. The Hall–Kier alpha value is -1.95. The third-order valence-electron chi connectivity index (χ3n) is 4.16. The van der Waals surface area contributed by atoms with Gasteiger partial charge in [-0.25, -0.2) is 14.3 Å². The van der Waals surface area contributed by atoms with E-state index in [1.807, 2.05) is 0 Å². The number of carboxylic acids is 1. The van der Waals surface area contributed by atoms with Crippen molar-refractivity contribution in [2.75, 3.05) is 13.1 Å². The quantitative estimate of drug-likeness (QED) is 0.935. The van der Waals surface area contributed by atoms with E-state index in [4.69, 9.17) is 0 Å². The Morgan fingerprint density at radius 1 is 1.48 bits per heavy atom. The van der Waals surface area contributed by atoms with Gasteiger partial charge in [0.15, 0.2) is 11.5 Å². The zero-order valence-electron chi connectivity index (χ0n) is 12.4. The molecule has 0 aromatic carbocycles.